The highest BCUT2D eigenvalue weighted by atomic mass is 32.1. The van der Waals surface area contributed by atoms with Crippen LogP contribution in [0.2, 0.25) is 0 Å². The molecule has 2 rings (SSSR count). The summed E-state index contributed by atoms with van der Waals surface area (Å²) >= 11 is 1.51. The molecule has 0 saturated carbocycles. The molecule has 0 radical (unpaired) electrons. The zero-order chi connectivity index (χ0) is 13.9. The van der Waals surface area contributed by atoms with Crippen LogP contribution >= 0.6 is 11.3 Å². The van der Waals surface area contributed by atoms with E-state index in [1.54, 1.807) is 0 Å². The van der Waals surface area contributed by atoms with Crippen LogP contribution in [0.4, 0.5) is 0 Å². The molecular formula is C14H21NO3S. The largest absolute Gasteiger partial charge is 0.388 e. The van der Waals surface area contributed by atoms with E-state index in [4.69, 9.17) is 4.74 Å². The number of carbonyl (C=O) groups excluding carboxylic acids is 1. The summed E-state index contributed by atoms with van der Waals surface area (Å²) < 4.78 is 5.22. The summed E-state index contributed by atoms with van der Waals surface area (Å²) in [6, 6.07) is 1.95. The number of hydrogen-bond donors (Lipinski definition) is 2. The lowest BCUT2D eigenvalue weighted by molar-refractivity contribution is -0.0605. The molecule has 1 amide bonds. The van der Waals surface area contributed by atoms with Gasteiger partial charge in [-0.15, -0.1) is 11.3 Å². The Hall–Kier alpha value is -0.910. The minimum absolute atomic E-state index is 0.0901. The highest BCUT2D eigenvalue weighted by Crippen LogP contribution is 2.23. The number of carbonyl (C=O) groups is 1. The third-order valence-corrected chi connectivity index (χ3v) is 4.72. The second kappa shape index (κ2) is 6.03. The van der Waals surface area contributed by atoms with E-state index >= 15 is 0 Å². The summed E-state index contributed by atoms with van der Waals surface area (Å²) in [5, 5.41) is 13.1. The van der Waals surface area contributed by atoms with Crippen molar-refractivity contribution in [3.63, 3.8) is 0 Å². The number of aryl methyl sites for hydroxylation is 2. The average Bonchev–Trinajstić information content (AvgIpc) is 2.78. The van der Waals surface area contributed by atoms with Gasteiger partial charge in [-0.2, -0.15) is 0 Å². The molecule has 4 nitrogen and oxygen atoms in total. The molecule has 5 heteroatoms. The van der Waals surface area contributed by atoms with Crippen LogP contribution in [0.3, 0.4) is 0 Å². The van der Waals surface area contributed by atoms with Gasteiger partial charge in [0, 0.05) is 37.5 Å². The molecule has 0 aromatic carbocycles. The Labute approximate surface area is 117 Å². The lowest BCUT2D eigenvalue weighted by Crippen LogP contribution is -2.46. The Balaban J connectivity index is 1.93. The monoisotopic (exact) mass is 283 g/mol. The molecule has 0 unspecified atom stereocenters. The minimum atomic E-state index is -0.812. The predicted molar refractivity (Wildman–Crippen MR) is 75.8 cm³/mol. The highest BCUT2D eigenvalue weighted by molar-refractivity contribution is 7.14. The van der Waals surface area contributed by atoms with E-state index < -0.39 is 5.60 Å². The molecule has 1 saturated heterocycles. The van der Waals surface area contributed by atoms with Gasteiger partial charge in [0.15, 0.2) is 0 Å². The Kier molecular flexibility index (Phi) is 4.60. The number of hydrogen-bond acceptors (Lipinski definition) is 4. The molecule has 1 aromatic heterocycles. The molecule has 1 fully saturated rings. The molecule has 0 bridgehead atoms. The topological polar surface area (TPSA) is 58.6 Å². The lowest BCUT2D eigenvalue weighted by atomic mass is 9.94. The zero-order valence-electron chi connectivity index (χ0n) is 11.5. The van der Waals surface area contributed by atoms with Crippen molar-refractivity contribution in [2.75, 3.05) is 19.8 Å². The van der Waals surface area contributed by atoms with Crippen LogP contribution in [-0.2, 0) is 11.2 Å². The molecule has 2 N–H and O–H groups in total. The van der Waals surface area contributed by atoms with Gasteiger partial charge in [0.25, 0.3) is 5.91 Å². The van der Waals surface area contributed by atoms with E-state index in [2.05, 4.69) is 12.2 Å². The first-order valence-corrected chi connectivity index (χ1v) is 7.53. The molecular weight excluding hydrogens is 262 g/mol. The summed E-state index contributed by atoms with van der Waals surface area (Å²) in [6.07, 6.45) is 2.10. The van der Waals surface area contributed by atoms with Gasteiger partial charge in [0.2, 0.25) is 0 Å². The van der Waals surface area contributed by atoms with Crippen LogP contribution in [0.1, 0.15) is 39.9 Å². The zero-order valence-corrected chi connectivity index (χ0v) is 12.3. The van der Waals surface area contributed by atoms with Gasteiger partial charge in [0.1, 0.15) is 0 Å². The highest BCUT2D eigenvalue weighted by Gasteiger charge is 2.30. The molecule has 19 heavy (non-hydrogen) atoms. The van der Waals surface area contributed by atoms with Crippen LogP contribution in [0.15, 0.2) is 6.07 Å². The number of rotatable bonds is 4. The van der Waals surface area contributed by atoms with Gasteiger partial charge in [-0.25, -0.2) is 0 Å². The van der Waals surface area contributed by atoms with Crippen molar-refractivity contribution in [3.05, 3.63) is 21.4 Å². The third-order valence-electron chi connectivity index (χ3n) is 3.63. The fraction of sp³-hybridized carbons (Fsp3) is 0.643. The van der Waals surface area contributed by atoms with E-state index in [-0.39, 0.29) is 5.91 Å². The summed E-state index contributed by atoms with van der Waals surface area (Å²) in [6.45, 7) is 5.54. The normalized spacial score (nSPS) is 18.3. The first-order chi connectivity index (χ1) is 9.04. The van der Waals surface area contributed by atoms with Crippen molar-refractivity contribution >= 4 is 17.2 Å². The van der Waals surface area contributed by atoms with Crippen molar-refractivity contribution in [2.24, 2.45) is 0 Å². The fourth-order valence-corrected chi connectivity index (χ4v) is 3.27. The standard InChI is InChI=1S/C14H21NO3S/c1-3-11-8-12(19-10(11)2)13(16)15-9-14(17)4-6-18-7-5-14/h8,17H,3-7,9H2,1-2H3,(H,15,16). The summed E-state index contributed by atoms with van der Waals surface area (Å²) in [5.74, 6) is -0.0901. The van der Waals surface area contributed by atoms with E-state index in [9.17, 15) is 9.90 Å². The van der Waals surface area contributed by atoms with Crippen molar-refractivity contribution in [3.8, 4) is 0 Å². The van der Waals surface area contributed by atoms with Gasteiger partial charge < -0.3 is 15.2 Å². The summed E-state index contributed by atoms with van der Waals surface area (Å²) in [4.78, 5) is 14.0. The molecule has 2 heterocycles. The number of amides is 1. The van der Waals surface area contributed by atoms with E-state index in [1.807, 2.05) is 13.0 Å². The van der Waals surface area contributed by atoms with Gasteiger partial charge in [-0.3, -0.25) is 4.79 Å². The molecule has 0 spiro atoms. The van der Waals surface area contributed by atoms with E-state index in [0.29, 0.717) is 32.6 Å². The maximum absolute atomic E-state index is 12.1. The number of thiophene rings is 1. The number of aliphatic hydroxyl groups is 1. The van der Waals surface area contributed by atoms with E-state index in [0.717, 1.165) is 11.3 Å². The quantitative estimate of drug-likeness (QED) is 0.887. The van der Waals surface area contributed by atoms with Crippen LogP contribution in [0.5, 0.6) is 0 Å². The first-order valence-electron chi connectivity index (χ1n) is 6.72. The third kappa shape index (κ3) is 3.55. The second-order valence-electron chi connectivity index (χ2n) is 5.07. The molecule has 0 atom stereocenters. The summed E-state index contributed by atoms with van der Waals surface area (Å²) in [7, 11) is 0. The average molecular weight is 283 g/mol. The van der Waals surface area contributed by atoms with Crippen LogP contribution in [0.25, 0.3) is 0 Å². The van der Waals surface area contributed by atoms with Crippen molar-refractivity contribution in [2.45, 2.75) is 38.7 Å². The SMILES string of the molecule is CCc1cc(C(=O)NCC2(O)CCOCC2)sc1C. The van der Waals surface area contributed by atoms with Crippen LogP contribution in [-0.4, -0.2) is 36.4 Å². The molecule has 106 valence electrons. The van der Waals surface area contributed by atoms with E-state index in [1.165, 1.54) is 21.8 Å². The van der Waals surface area contributed by atoms with Gasteiger partial charge >= 0.3 is 0 Å². The van der Waals surface area contributed by atoms with Gasteiger partial charge in [0.05, 0.1) is 10.5 Å². The van der Waals surface area contributed by atoms with Crippen molar-refractivity contribution in [1.82, 2.24) is 5.32 Å². The Morgan fingerprint density at radius 3 is 2.79 bits per heavy atom. The first kappa shape index (κ1) is 14.5. The molecule has 1 aromatic rings. The summed E-state index contributed by atoms with van der Waals surface area (Å²) in [5.41, 5.74) is 0.410. The van der Waals surface area contributed by atoms with Gasteiger partial charge in [-0.05, 0) is 25.0 Å². The lowest BCUT2D eigenvalue weighted by Gasteiger charge is -2.31. The van der Waals surface area contributed by atoms with Crippen LogP contribution in [0, 0.1) is 6.92 Å². The fourth-order valence-electron chi connectivity index (χ4n) is 2.24. The van der Waals surface area contributed by atoms with Crippen LogP contribution < -0.4 is 5.32 Å². The Bertz CT molecular complexity index is 450. The Morgan fingerprint density at radius 1 is 1.53 bits per heavy atom. The molecule has 0 aliphatic carbocycles. The number of nitrogens with one attached hydrogen (secondary N) is 1. The van der Waals surface area contributed by atoms with Crippen molar-refractivity contribution in [1.29, 1.82) is 0 Å². The molecule has 1 aliphatic rings. The maximum Gasteiger partial charge on any atom is 0.261 e. The smallest absolute Gasteiger partial charge is 0.261 e. The minimum Gasteiger partial charge on any atom is -0.388 e. The Morgan fingerprint density at radius 2 is 2.21 bits per heavy atom. The second-order valence-corrected chi connectivity index (χ2v) is 6.32. The van der Waals surface area contributed by atoms with Gasteiger partial charge in [-0.1, -0.05) is 6.92 Å². The number of ether oxygens (including phenoxy) is 1. The van der Waals surface area contributed by atoms with Crippen molar-refractivity contribution < 1.29 is 14.6 Å². The maximum atomic E-state index is 12.1. The molecule has 1 aliphatic heterocycles. The predicted octanol–water partition coefficient (Wildman–Crippen LogP) is 1.89.